The molecule has 198 valence electrons. The van der Waals surface area contributed by atoms with Gasteiger partial charge in [0.2, 0.25) is 5.91 Å². The van der Waals surface area contributed by atoms with Crippen molar-refractivity contribution < 1.29 is 19.1 Å². The van der Waals surface area contributed by atoms with Crippen molar-refractivity contribution in [1.82, 2.24) is 10.6 Å². The molecular weight excluding hydrogens is 534 g/mol. The summed E-state index contributed by atoms with van der Waals surface area (Å²) in [6, 6.07) is 6.19. The van der Waals surface area contributed by atoms with E-state index in [1.807, 2.05) is 26.0 Å². The zero-order valence-corrected chi connectivity index (χ0v) is 23.5. The summed E-state index contributed by atoms with van der Waals surface area (Å²) in [6.07, 6.45) is 6.04. The molecule has 1 fully saturated rings. The average Bonchev–Trinajstić information content (AvgIpc) is 3.70. The Morgan fingerprint density at radius 2 is 2.03 bits per heavy atom. The monoisotopic (exact) mass is 569 g/mol. The van der Waals surface area contributed by atoms with Crippen LogP contribution in [0.5, 0.6) is 11.5 Å². The van der Waals surface area contributed by atoms with Crippen LogP contribution in [0.15, 0.2) is 39.1 Å². The van der Waals surface area contributed by atoms with Gasteiger partial charge in [-0.05, 0) is 85.5 Å². The second-order valence-electron chi connectivity index (χ2n) is 10.1. The van der Waals surface area contributed by atoms with E-state index in [-0.39, 0.29) is 17.6 Å². The summed E-state index contributed by atoms with van der Waals surface area (Å²) in [5.74, 6) is 1.47. The summed E-state index contributed by atoms with van der Waals surface area (Å²) < 4.78 is 12.7. The van der Waals surface area contributed by atoms with Crippen LogP contribution in [-0.4, -0.2) is 31.4 Å². The van der Waals surface area contributed by atoms with Crippen LogP contribution in [0.4, 0.5) is 0 Å². The molecule has 2 N–H and O–H groups in total. The molecule has 2 unspecified atom stereocenters. The minimum atomic E-state index is -0.446. The Morgan fingerprint density at radius 3 is 2.70 bits per heavy atom. The third-order valence-electron chi connectivity index (χ3n) is 7.21. The van der Waals surface area contributed by atoms with Gasteiger partial charge in [0.05, 0.1) is 35.2 Å². The number of ether oxygens (including phenoxy) is 2. The van der Waals surface area contributed by atoms with Crippen LogP contribution < -0.4 is 20.1 Å². The fraction of sp³-hybridized carbons (Fsp3) is 0.552. The second kappa shape index (κ2) is 12.2. The van der Waals surface area contributed by atoms with Crippen molar-refractivity contribution in [3.63, 3.8) is 0 Å². The van der Waals surface area contributed by atoms with Gasteiger partial charge in [-0.3, -0.25) is 9.59 Å². The maximum atomic E-state index is 13.4. The number of halogens is 1. The first-order valence-electron chi connectivity index (χ1n) is 13.4. The Balaban J connectivity index is 1.59. The normalized spacial score (nSPS) is 21.2. The fourth-order valence-corrected chi connectivity index (χ4v) is 5.89. The maximum Gasteiger partial charge on any atom is 0.223 e. The van der Waals surface area contributed by atoms with E-state index in [1.54, 1.807) is 0 Å². The highest BCUT2D eigenvalue weighted by Gasteiger charge is 2.39. The van der Waals surface area contributed by atoms with Gasteiger partial charge in [-0.15, -0.1) is 0 Å². The smallest absolute Gasteiger partial charge is 0.223 e. The molecule has 1 heterocycles. The van der Waals surface area contributed by atoms with E-state index in [0.717, 1.165) is 49.1 Å². The summed E-state index contributed by atoms with van der Waals surface area (Å²) in [5.41, 5.74) is 3.81. The highest BCUT2D eigenvalue weighted by molar-refractivity contribution is 9.10. The largest absolute Gasteiger partial charge is 0.490 e. The van der Waals surface area contributed by atoms with Gasteiger partial charge < -0.3 is 20.1 Å². The van der Waals surface area contributed by atoms with Crippen molar-refractivity contribution in [3.05, 3.63) is 44.7 Å². The average molecular weight is 571 g/mol. The maximum absolute atomic E-state index is 13.4. The van der Waals surface area contributed by atoms with Crippen LogP contribution in [-0.2, 0) is 9.59 Å². The van der Waals surface area contributed by atoms with E-state index in [2.05, 4.69) is 39.6 Å². The molecule has 4 rings (SSSR count). The molecule has 1 aromatic rings. The number of benzene rings is 1. The van der Waals surface area contributed by atoms with Gasteiger partial charge in [0.1, 0.15) is 0 Å². The molecule has 2 aliphatic carbocycles. The number of hydrogen-bond acceptors (Lipinski definition) is 6. The first-order valence-corrected chi connectivity index (χ1v) is 14.2. The summed E-state index contributed by atoms with van der Waals surface area (Å²) in [5, 5.41) is 16.4. The Labute approximate surface area is 227 Å². The molecule has 0 radical (unpaired) electrons. The zero-order valence-electron chi connectivity index (χ0n) is 21.9. The van der Waals surface area contributed by atoms with E-state index in [0.29, 0.717) is 65.6 Å². The molecule has 2 atom stereocenters. The third kappa shape index (κ3) is 6.20. The highest BCUT2D eigenvalue weighted by atomic mass is 79.9. The second-order valence-corrected chi connectivity index (χ2v) is 11.0. The number of nitrogens with zero attached hydrogens (tertiary/aromatic N) is 1. The predicted octanol–water partition coefficient (Wildman–Crippen LogP) is 5.66. The topological polar surface area (TPSA) is 100 Å². The van der Waals surface area contributed by atoms with Gasteiger partial charge in [0.25, 0.3) is 0 Å². The van der Waals surface area contributed by atoms with E-state index >= 15 is 0 Å². The summed E-state index contributed by atoms with van der Waals surface area (Å²) in [4.78, 5) is 25.2. The van der Waals surface area contributed by atoms with E-state index in [9.17, 15) is 14.9 Å². The minimum Gasteiger partial charge on any atom is -0.490 e. The number of nitriles is 1. The van der Waals surface area contributed by atoms with Crippen LogP contribution in [0.2, 0.25) is 0 Å². The standard InChI is InChI=1S/C29H36BrN3O4/c1-4-7-18-12-23-27(24(34)13-18)26(21(16-31)17(3)33-23)20-14-22(30)28(25(15-20)36-5-2)37-11-6-10-32-29(35)19-8-9-19/h14-15,18-19,26,33H,4-13H2,1-3H3,(H,32,35). The van der Waals surface area contributed by atoms with Crippen LogP contribution in [0, 0.1) is 23.2 Å². The fourth-order valence-electron chi connectivity index (χ4n) is 5.32. The Hall–Kier alpha value is -2.79. The molecule has 8 heteroatoms. The van der Waals surface area contributed by atoms with Crippen molar-refractivity contribution in [1.29, 1.82) is 5.26 Å². The van der Waals surface area contributed by atoms with Gasteiger partial charge >= 0.3 is 0 Å². The molecule has 0 aromatic heterocycles. The number of rotatable bonds is 11. The number of hydrogen-bond donors (Lipinski definition) is 2. The number of carbonyl (C=O) groups is 2. The van der Waals surface area contributed by atoms with Gasteiger partial charge in [-0.25, -0.2) is 0 Å². The van der Waals surface area contributed by atoms with E-state index < -0.39 is 5.92 Å². The number of Topliss-reactive ketones (excluding diaryl/α,β-unsaturated/α-hetero) is 1. The Kier molecular flexibility index (Phi) is 8.96. The van der Waals surface area contributed by atoms with E-state index in [1.165, 1.54) is 0 Å². The molecule has 1 amide bonds. The third-order valence-corrected chi connectivity index (χ3v) is 7.80. The van der Waals surface area contributed by atoms with Crippen molar-refractivity contribution in [2.24, 2.45) is 11.8 Å². The molecule has 1 saturated carbocycles. The van der Waals surface area contributed by atoms with Crippen LogP contribution in [0.1, 0.15) is 77.2 Å². The number of nitrogens with one attached hydrogen (secondary N) is 2. The van der Waals surface area contributed by atoms with Crippen molar-refractivity contribution >= 4 is 27.6 Å². The number of amides is 1. The molecule has 7 nitrogen and oxygen atoms in total. The highest BCUT2D eigenvalue weighted by Crippen LogP contribution is 2.47. The number of allylic oxidation sites excluding steroid dienone is 4. The molecule has 1 aromatic carbocycles. The lowest BCUT2D eigenvalue weighted by molar-refractivity contribution is -0.122. The molecule has 0 saturated heterocycles. The number of ketones is 1. The van der Waals surface area contributed by atoms with Gasteiger partial charge in [-0.2, -0.15) is 5.26 Å². The molecule has 1 aliphatic heterocycles. The van der Waals surface area contributed by atoms with Crippen molar-refractivity contribution in [3.8, 4) is 17.6 Å². The summed E-state index contributed by atoms with van der Waals surface area (Å²) in [6.45, 7) is 7.39. The Bertz CT molecular complexity index is 1160. The van der Waals surface area contributed by atoms with Crippen LogP contribution in [0.25, 0.3) is 0 Å². The number of dihydropyridines is 1. The van der Waals surface area contributed by atoms with Gasteiger partial charge in [0.15, 0.2) is 17.3 Å². The Morgan fingerprint density at radius 1 is 1.24 bits per heavy atom. The van der Waals surface area contributed by atoms with Crippen LogP contribution in [0.3, 0.4) is 0 Å². The van der Waals surface area contributed by atoms with Gasteiger partial charge in [-0.1, -0.05) is 13.3 Å². The lowest BCUT2D eigenvalue weighted by Crippen LogP contribution is -2.34. The minimum absolute atomic E-state index is 0.111. The first-order chi connectivity index (χ1) is 17.9. The van der Waals surface area contributed by atoms with E-state index in [4.69, 9.17) is 9.47 Å². The predicted molar refractivity (Wildman–Crippen MR) is 145 cm³/mol. The van der Waals surface area contributed by atoms with Crippen molar-refractivity contribution in [2.75, 3.05) is 19.8 Å². The first kappa shape index (κ1) is 27.3. The molecule has 3 aliphatic rings. The quantitative estimate of drug-likeness (QED) is 0.333. The van der Waals surface area contributed by atoms with Crippen molar-refractivity contribution in [2.45, 2.75) is 71.6 Å². The summed E-state index contributed by atoms with van der Waals surface area (Å²) in [7, 11) is 0. The molecule has 0 bridgehead atoms. The molecule has 37 heavy (non-hydrogen) atoms. The van der Waals surface area contributed by atoms with Crippen LogP contribution >= 0.6 is 15.9 Å². The molecule has 0 spiro atoms. The lowest BCUT2D eigenvalue weighted by atomic mass is 9.72. The van der Waals surface area contributed by atoms with Gasteiger partial charge in [0, 0.05) is 35.9 Å². The SMILES string of the molecule is CCCC1CC(=O)C2=C(C1)NC(C)=C(C#N)C2c1cc(Br)c(OCCCNC(=O)C2CC2)c(OCC)c1. The summed E-state index contributed by atoms with van der Waals surface area (Å²) >= 11 is 3.65. The zero-order chi connectivity index (χ0) is 26.5. The lowest BCUT2D eigenvalue weighted by Gasteiger charge is -2.35. The number of carbonyl (C=O) groups excluding carboxylic acids is 2. The molecular formula is C29H36BrN3O4.